The van der Waals surface area contributed by atoms with Crippen LogP contribution in [0.1, 0.15) is 37.1 Å². The standard InChI is InChI=1S/C13H18BrFO/c1-4-9(5-2)13(14)11-8-10(15)6-7-12(11)16-3/h6-9,13H,4-5H2,1-3H3. The maximum Gasteiger partial charge on any atom is 0.123 e. The molecule has 0 saturated carbocycles. The molecule has 1 aromatic carbocycles. The van der Waals surface area contributed by atoms with Gasteiger partial charge in [-0.2, -0.15) is 0 Å². The van der Waals surface area contributed by atoms with Crippen LogP contribution in [0.2, 0.25) is 0 Å². The minimum Gasteiger partial charge on any atom is -0.496 e. The average Bonchev–Trinajstić information content (AvgIpc) is 2.30. The van der Waals surface area contributed by atoms with Gasteiger partial charge >= 0.3 is 0 Å². The van der Waals surface area contributed by atoms with Gasteiger partial charge in [0, 0.05) is 10.4 Å². The molecule has 16 heavy (non-hydrogen) atoms. The van der Waals surface area contributed by atoms with E-state index in [4.69, 9.17) is 4.74 Å². The molecule has 0 aliphatic rings. The van der Waals surface area contributed by atoms with Crippen LogP contribution in [0.25, 0.3) is 0 Å². The molecule has 0 spiro atoms. The molecule has 0 aliphatic heterocycles. The summed E-state index contributed by atoms with van der Waals surface area (Å²) in [6, 6.07) is 4.66. The molecule has 0 radical (unpaired) electrons. The summed E-state index contributed by atoms with van der Waals surface area (Å²) in [5.41, 5.74) is 0.899. The van der Waals surface area contributed by atoms with Crippen molar-refractivity contribution in [1.82, 2.24) is 0 Å². The minimum atomic E-state index is -0.216. The number of hydrogen-bond donors (Lipinski definition) is 0. The van der Waals surface area contributed by atoms with Crippen LogP contribution in [0.3, 0.4) is 0 Å². The first kappa shape index (κ1) is 13.5. The molecule has 90 valence electrons. The second-order valence-electron chi connectivity index (χ2n) is 3.86. The van der Waals surface area contributed by atoms with Crippen molar-refractivity contribution in [2.24, 2.45) is 5.92 Å². The van der Waals surface area contributed by atoms with Crippen LogP contribution in [0.5, 0.6) is 5.75 Å². The fourth-order valence-corrected chi connectivity index (χ4v) is 2.98. The zero-order chi connectivity index (χ0) is 12.1. The third-order valence-electron chi connectivity index (χ3n) is 2.95. The van der Waals surface area contributed by atoms with Gasteiger partial charge in [0.15, 0.2) is 0 Å². The Morgan fingerprint density at radius 1 is 1.31 bits per heavy atom. The molecule has 1 atom stereocenters. The van der Waals surface area contributed by atoms with E-state index in [9.17, 15) is 4.39 Å². The highest BCUT2D eigenvalue weighted by Crippen LogP contribution is 2.39. The van der Waals surface area contributed by atoms with Crippen LogP contribution in [0.15, 0.2) is 18.2 Å². The van der Waals surface area contributed by atoms with E-state index in [1.165, 1.54) is 6.07 Å². The molecular weight excluding hydrogens is 271 g/mol. The molecule has 0 aromatic heterocycles. The molecule has 0 N–H and O–H groups in total. The number of rotatable bonds is 5. The highest BCUT2D eigenvalue weighted by atomic mass is 79.9. The van der Waals surface area contributed by atoms with Crippen molar-refractivity contribution in [1.29, 1.82) is 0 Å². The highest BCUT2D eigenvalue weighted by molar-refractivity contribution is 9.09. The summed E-state index contributed by atoms with van der Waals surface area (Å²) in [5, 5.41) is 0. The summed E-state index contributed by atoms with van der Waals surface area (Å²) >= 11 is 3.65. The molecule has 0 bridgehead atoms. The lowest BCUT2D eigenvalue weighted by molar-refractivity contribution is 0.398. The van der Waals surface area contributed by atoms with Crippen molar-refractivity contribution < 1.29 is 9.13 Å². The smallest absolute Gasteiger partial charge is 0.123 e. The Morgan fingerprint density at radius 3 is 2.44 bits per heavy atom. The molecule has 3 heteroatoms. The summed E-state index contributed by atoms with van der Waals surface area (Å²) < 4.78 is 18.5. The predicted molar refractivity (Wildman–Crippen MR) is 68.7 cm³/mol. The Morgan fingerprint density at radius 2 is 1.94 bits per heavy atom. The normalized spacial score (nSPS) is 12.9. The van der Waals surface area contributed by atoms with Crippen LogP contribution >= 0.6 is 15.9 Å². The molecule has 1 unspecified atom stereocenters. The maximum absolute atomic E-state index is 13.2. The Balaban J connectivity index is 3.04. The zero-order valence-corrected chi connectivity index (χ0v) is 11.6. The van der Waals surface area contributed by atoms with Crippen molar-refractivity contribution in [3.63, 3.8) is 0 Å². The predicted octanol–water partition coefficient (Wildman–Crippen LogP) is 4.71. The zero-order valence-electron chi connectivity index (χ0n) is 9.97. The van der Waals surface area contributed by atoms with Gasteiger partial charge in [0.05, 0.1) is 7.11 Å². The number of ether oxygens (including phenoxy) is 1. The summed E-state index contributed by atoms with van der Waals surface area (Å²) in [6.45, 7) is 4.29. The molecule has 0 heterocycles. The molecule has 1 rings (SSSR count). The Kier molecular flexibility index (Phi) is 5.26. The first-order valence-corrected chi connectivity index (χ1v) is 6.53. The third kappa shape index (κ3) is 2.97. The van der Waals surface area contributed by atoms with E-state index < -0.39 is 0 Å². The van der Waals surface area contributed by atoms with E-state index in [-0.39, 0.29) is 10.6 Å². The van der Waals surface area contributed by atoms with Crippen molar-refractivity contribution in [2.75, 3.05) is 7.11 Å². The molecule has 0 amide bonds. The lowest BCUT2D eigenvalue weighted by Gasteiger charge is -2.21. The van der Waals surface area contributed by atoms with Gasteiger partial charge in [0.1, 0.15) is 11.6 Å². The quantitative estimate of drug-likeness (QED) is 0.713. The first-order valence-electron chi connectivity index (χ1n) is 5.61. The summed E-state index contributed by atoms with van der Waals surface area (Å²) in [6.07, 6.45) is 2.12. The second kappa shape index (κ2) is 6.24. The van der Waals surface area contributed by atoms with E-state index in [1.807, 2.05) is 0 Å². The Hall–Kier alpha value is -0.570. The van der Waals surface area contributed by atoms with Gasteiger partial charge in [-0.15, -0.1) is 0 Å². The number of methoxy groups -OCH3 is 1. The minimum absolute atomic E-state index is 0.146. The Bertz CT molecular complexity index is 337. The highest BCUT2D eigenvalue weighted by Gasteiger charge is 2.21. The van der Waals surface area contributed by atoms with Crippen LogP contribution in [-0.4, -0.2) is 7.11 Å². The van der Waals surface area contributed by atoms with Gasteiger partial charge in [0.25, 0.3) is 0 Å². The van der Waals surface area contributed by atoms with Crippen LogP contribution in [0, 0.1) is 11.7 Å². The largest absolute Gasteiger partial charge is 0.496 e. The summed E-state index contributed by atoms with van der Waals surface area (Å²) in [5.74, 6) is 1.03. The van der Waals surface area contributed by atoms with Gasteiger partial charge in [0.2, 0.25) is 0 Å². The van der Waals surface area contributed by atoms with Crippen LogP contribution in [-0.2, 0) is 0 Å². The number of halogens is 2. The van der Waals surface area contributed by atoms with E-state index >= 15 is 0 Å². The van der Waals surface area contributed by atoms with Crippen molar-refractivity contribution in [3.05, 3.63) is 29.6 Å². The third-order valence-corrected chi connectivity index (χ3v) is 4.19. The SMILES string of the molecule is CCC(CC)C(Br)c1cc(F)ccc1OC. The van der Waals surface area contributed by atoms with Gasteiger partial charge in [-0.1, -0.05) is 42.6 Å². The molecule has 0 aliphatic carbocycles. The topological polar surface area (TPSA) is 9.23 Å². The number of hydrogen-bond acceptors (Lipinski definition) is 1. The average molecular weight is 289 g/mol. The van der Waals surface area contributed by atoms with Crippen molar-refractivity contribution in [2.45, 2.75) is 31.5 Å². The van der Waals surface area contributed by atoms with E-state index in [0.29, 0.717) is 5.92 Å². The van der Waals surface area contributed by atoms with Gasteiger partial charge in [-0.05, 0) is 24.1 Å². The lowest BCUT2D eigenvalue weighted by Crippen LogP contribution is -2.07. The fraction of sp³-hybridized carbons (Fsp3) is 0.538. The van der Waals surface area contributed by atoms with Crippen LogP contribution < -0.4 is 4.74 Å². The molecule has 1 aromatic rings. The van der Waals surface area contributed by atoms with Gasteiger partial charge in [-0.3, -0.25) is 0 Å². The summed E-state index contributed by atoms with van der Waals surface area (Å²) in [7, 11) is 1.61. The van der Waals surface area contributed by atoms with Crippen molar-refractivity contribution in [3.8, 4) is 5.75 Å². The fourth-order valence-electron chi connectivity index (χ4n) is 1.88. The second-order valence-corrected chi connectivity index (χ2v) is 4.85. The van der Waals surface area contributed by atoms with E-state index in [0.717, 1.165) is 24.2 Å². The number of alkyl halides is 1. The molecule has 1 nitrogen and oxygen atoms in total. The van der Waals surface area contributed by atoms with E-state index in [2.05, 4.69) is 29.8 Å². The first-order chi connectivity index (χ1) is 7.63. The van der Waals surface area contributed by atoms with Crippen molar-refractivity contribution >= 4 is 15.9 Å². The van der Waals surface area contributed by atoms with Crippen LogP contribution in [0.4, 0.5) is 4.39 Å². The molecule has 0 saturated heterocycles. The number of benzene rings is 1. The summed E-state index contributed by atoms with van der Waals surface area (Å²) in [4.78, 5) is 0.146. The van der Waals surface area contributed by atoms with Gasteiger partial charge in [-0.25, -0.2) is 4.39 Å². The maximum atomic E-state index is 13.2. The Labute approximate surface area is 105 Å². The monoisotopic (exact) mass is 288 g/mol. The molecule has 0 fully saturated rings. The lowest BCUT2D eigenvalue weighted by atomic mass is 9.94. The van der Waals surface area contributed by atoms with E-state index in [1.54, 1.807) is 19.2 Å². The molecular formula is C13H18BrFO. The van der Waals surface area contributed by atoms with Gasteiger partial charge < -0.3 is 4.74 Å².